The third kappa shape index (κ3) is 6.60. The Bertz CT molecular complexity index is 1130. The van der Waals surface area contributed by atoms with Gasteiger partial charge in [0.2, 0.25) is 18.6 Å². The molecule has 0 spiro atoms. The van der Waals surface area contributed by atoms with E-state index in [2.05, 4.69) is 21.9 Å². The van der Waals surface area contributed by atoms with Gasteiger partial charge >= 0.3 is 0 Å². The fourth-order valence-corrected chi connectivity index (χ4v) is 5.78. The number of halogens is 1. The van der Waals surface area contributed by atoms with Crippen molar-refractivity contribution < 1.29 is 19.1 Å². The van der Waals surface area contributed by atoms with Gasteiger partial charge in [0, 0.05) is 75.9 Å². The molecule has 0 N–H and O–H groups in total. The average molecular weight is 541 g/mol. The summed E-state index contributed by atoms with van der Waals surface area (Å²) in [6, 6.07) is 13.8. The molecule has 0 bridgehead atoms. The molecule has 0 radical (unpaired) electrons. The van der Waals surface area contributed by atoms with Crippen LogP contribution < -0.4 is 14.4 Å². The van der Waals surface area contributed by atoms with E-state index in [0.29, 0.717) is 44.3 Å². The summed E-state index contributed by atoms with van der Waals surface area (Å²) < 4.78 is 10.9. The second kappa shape index (κ2) is 12.4. The highest BCUT2D eigenvalue weighted by Gasteiger charge is 2.30. The van der Waals surface area contributed by atoms with Gasteiger partial charge in [0.15, 0.2) is 11.5 Å². The highest BCUT2D eigenvalue weighted by molar-refractivity contribution is 6.30. The number of piperidine rings is 1. The van der Waals surface area contributed by atoms with E-state index in [4.69, 9.17) is 21.1 Å². The van der Waals surface area contributed by atoms with Gasteiger partial charge in [-0.2, -0.15) is 0 Å². The molecular weight excluding hydrogens is 504 g/mol. The molecule has 3 aliphatic heterocycles. The number of likely N-dealkylation sites (tertiary alicyclic amines) is 1. The highest BCUT2D eigenvalue weighted by atomic mass is 35.5. The maximum atomic E-state index is 13.6. The van der Waals surface area contributed by atoms with E-state index < -0.39 is 0 Å². The SMILES string of the molecule is CC(=O)N1CCC(C(=O)N(CCCN2CCN(Cc3ccc4c(c3)OCO4)CC2)c2cccc(Cl)c2)CC1. The fourth-order valence-electron chi connectivity index (χ4n) is 5.59. The van der Waals surface area contributed by atoms with Crippen LogP contribution in [0.3, 0.4) is 0 Å². The van der Waals surface area contributed by atoms with Gasteiger partial charge in [-0.15, -0.1) is 0 Å². The number of anilines is 1. The summed E-state index contributed by atoms with van der Waals surface area (Å²) in [7, 11) is 0. The van der Waals surface area contributed by atoms with Crippen LogP contribution in [0.1, 0.15) is 31.7 Å². The molecule has 5 rings (SSSR count). The zero-order chi connectivity index (χ0) is 26.5. The number of ether oxygens (including phenoxy) is 2. The summed E-state index contributed by atoms with van der Waals surface area (Å²) in [5.41, 5.74) is 2.09. The Labute approximate surface area is 230 Å². The molecule has 2 aromatic rings. The van der Waals surface area contributed by atoms with Gasteiger partial charge in [-0.05, 0) is 61.7 Å². The second-order valence-corrected chi connectivity index (χ2v) is 10.8. The van der Waals surface area contributed by atoms with E-state index in [9.17, 15) is 9.59 Å². The van der Waals surface area contributed by atoms with Crippen LogP contribution in [0.25, 0.3) is 0 Å². The van der Waals surface area contributed by atoms with Crippen LogP contribution in [0.2, 0.25) is 5.02 Å². The Kier molecular flexibility index (Phi) is 8.72. The summed E-state index contributed by atoms with van der Waals surface area (Å²) in [5, 5.41) is 0.630. The number of carbonyl (C=O) groups excluding carboxylic acids is 2. The minimum Gasteiger partial charge on any atom is -0.454 e. The van der Waals surface area contributed by atoms with Gasteiger partial charge in [0.05, 0.1) is 0 Å². The molecule has 2 fully saturated rings. The third-order valence-electron chi connectivity index (χ3n) is 7.84. The normalized spacial score (nSPS) is 18.5. The standard InChI is InChI=1S/C29H37ClN4O4/c1-22(35)33-12-8-24(9-13-33)29(36)34(26-5-2-4-25(30)19-26)11-3-10-31-14-16-32(17-15-31)20-23-6-7-27-28(18-23)38-21-37-27/h2,4-7,18-19,24H,3,8-17,20-21H2,1H3. The van der Waals surface area contributed by atoms with Crippen molar-refractivity contribution in [3.8, 4) is 11.5 Å². The van der Waals surface area contributed by atoms with Gasteiger partial charge in [-0.3, -0.25) is 14.5 Å². The molecule has 0 atom stereocenters. The molecule has 38 heavy (non-hydrogen) atoms. The molecule has 2 saturated heterocycles. The van der Waals surface area contributed by atoms with Gasteiger partial charge in [0.1, 0.15) is 0 Å². The van der Waals surface area contributed by atoms with Crippen LogP contribution in [0.5, 0.6) is 11.5 Å². The number of hydrogen-bond donors (Lipinski definition) is 0. The molecule has 0 aliphatic carbocycles. The number of rotatable bonds is 8. The fraction of sp³-hybridized carbons (Fsp3) is 0.517. The summed E-state index contributed by atoms with van der Waals surface area (Å²) >= 11 is 6.28. The Morgan fingerprint density at radius 1 is 0.947 bits per heavy atom. The molecule has 0 saturated carbocycles. The summed E-state index contributed by atoms with van der Waals surface area (Å²) in [5.74, 6) is 1.82. The van der Waals surface area contributed by atoms with Crippen LogP contribution in [-0.2, 0) is 16.1 Å². The number of hydrogen-bond acceptors (Lipinski definition) is 6. The number of carbonyl (C=O) groups is 2. The van der Waals surface area contributed by atoms with E-state index in [1.165, 1.54) is 5.56 Å². The molecule has 0 unspecified atom stereocenters. The van der Waals surface area contributed by atoms with E-state index in [0.717, 1.165) is 62.9 Å². The lowest BCUT2D eigenvalue weighted by Crippen LogP contribution is -2.47. The van der Waals surface area contributed by atoms with E-state index in [1.54, 1.807) is 6.92 Å². The van der Waals surface area contributed by atoms with Crippen LogP contribution in [-0.4, -0.2) is 85.7 Å². The van der Waals surface area contributed by atoms with E-state index >= 15 is 0 Å². The molecule has 8 nitrogen and oxygen atoms in total. The molecular formula is C29H37ClN4O4. The van der Waals surface area contributed by atoms with Crippen molar-refractivity contribution >= 4 is 29.1 Å². The number of fused-ring (bicyclic) bond motifs is 1. The van der Waals surface area contributed by atoms with Gasteiger partial charge in [-0.1, -0.05) is 23.7 Å². The molecule has 204 valence electrons. The van der Waals surface area contributed by atoms with Crippen molar-refractivity contribution in [2.75, 3.05) is 64.1 Å². The summed E-state index contributed by atoms with van der Waals surface area (Å²) in [6.07, 6.45) is 2.31. The molecule has 3 heterocycles. The largest absolute Gasteiger partial charge is 0.454 e. The molecule has 2 aromatic carbocycles. The second-order valence-electron chi connectivity index (χ2n) is 10.4. The first-order chi connectivity index (χ1) is 18.5. The van der Waals surface area contributed by atoms with Crippen LogP contribution in [0.4, 0.5) is 5.69 Å². The number of nitrogens with zero attached hydrogens (tertiary/aromatic N) is 4. The zero-order valence-corrected chi connectivity index (χ0v) is 22.9. The minimum absolute atomic E-state index is 0.0655. The Morgan fingerprint density at radius 3 is 2.42 bits per heavy atom. The Hall–Kier alpha value is -2.81. The number of benzene rings is 2. The predicted molar refractivity (Wildman–Crippen MR) is 148 cm³/mol. The van der Waals surface area contributed by atoms with Crippen molar-refractivity contribution in [3.05, 3.63) is 53.1 Å². The zero-order valence-electron chi connectivity index (χ0n) is 22.1. The lowest BCUT2D eigenvalue weighted by molar-refractivity contribution is -0.133. The highest BCUT2D eigenvalue weighted by Crippen LogP contribution is 2.33. The van der Waals surface area contributed by atoms with Gasteiger partial charge in [-0.25, -0.2) is 0 Å². The summed E-state index contributed by atoms with van der Waals surface area (Å²) in [6.45, 7) is 9.75. The quantitative estimate of drug-likeness (QED) is 0.506. The van der Waals surface area contributed by atoms with Crippen molar-refractivity contribution in [2.45, 2.75) is 32.7 Å². The molecule has 2 amide bonds. The maximum Gasteiger partial charge on any atom is 0.231 e. The Morgan fingerprint density at radius 2 is 1.68 bits per heavy atom. The first kappa shape index (κ1) is 26.8. The van der Waals surface area contributed by atoms with E-state index in [-0.39, 0.29) is 17.7 Å². The van der Waals surface area contributed by atoms with Gasteiger partial charge in [0.25, 0.3) is 0 Å². The smallest absolute Gasteiger partial charge is 0.231 e. The first-order valence-electron chi connectivity index (χ1n) is 13.6. The van der Waals surface area contributed by atoms with Crippen molar-refractivity contribution in [1.82, 2.24) is 14.7 Å². The summed E-state index contributed by atoms with van der Waals surface area (Å²) in [4.78, 5) is 34.0. The van der Waals surface area contributed by atoms with Crippen molar-refractivity contribution in [2.24, 2.45) is 5.92 Å². The Balaban J connectivity index is 1.11. The lowest BCUT2D eigenvalue weighted by atomic mass is 9.94. The molecule has 9 heteroatoms. The van der Waals surface area contributed by atoms with Gasteiger partial charge < -0.3 is 24.2 Å². The first-order valence-corrected chi connectivity index (χ1v) is 14.0. The van der Waals surface area contributed by atoms with Crippen molar-refractivity contribution in [1.29, 1.82) is 0 Å². The molecule has 3 aliphatic rings. The maximum absolute atomic E-state index is 13.6. The predicted octanol–water partition coefficient (Wildman–Crippen LogP) is 3.87. The van der Waals surface area contributed by atoms with Crippen LogP contribution in [0.15, 0.2) is 42.5 Å². The van der Waals surface area contributed by atoms with Crippen LogP contribution >= 0.6 is 11.6 Å². The number of piperazine rings is 1. The third-order valence-corrected chi connectivity index (χ3v) is 8.07. The van der Waals surface area contributed by atoms with E-state index in [1.807, 2.05) is 40.1 Å². The monoisotopic (exact) mass is 540 g/mol. The molecule has 0 aromatic heterocycles. The topological polar surface area (TPSA) is 65.6 Å². The average Bonchev–Trinajstić information content (AvgIpc) is 3.40. The minimum atomic E-state index is -0.0655. The number of amides is 2. The van der Waals surface area contributed by atoms with Crippen molar-refractivity contribution in [3.63, 3.8) is 0 Å². The van der Waals surface area contributed by atoms with Crippen LogP contribution in [0, 0.1) is 5.92 Å². The lowest BCUT2D eigenvalue weighted by Gasteiger charge is -2.36.